The molecule has 0 saturated heterocycles. The molecule has 1 aromatic heterocycles. The number of benzene rings is 2. The predicted molar refractivity (Wildman–Crippen MR) is 114 cm³/mol. The Kier molecular flexibility index (Phi) is 5.56. The third-order valence-corrected chi connectivity index (χ3v) is 6.09. The van der Waals surface area contributed by atoms with Crippen molar-refractivity contribution in [3.05, 3.63) is 88.8 Å². The lowest BCUT2D eigenvalue weighted by atomic mass is 9.70. The van der Waals surface area contributed by atoms with Crippen LogP contribution in [0.5, 0.6) is 0 Å². The zero-order valence-corrected chi connectivity index (χ0v) is 17.5. The molecule has 4 rings (SSSR count). The van der Waals surface area contributed by atoms with Gasteiger partial charge in [0, 0.05) is 6.61 Å². The van der Waals surface area contributed by atoms with Crippen molar-refractivity contribution < 1.29 is 13.5 Å². The van der Waals surface area contributed by atoms with Crippen molar-refractivity contribution in [2.45, 2.75) is 39.7 Å². The Morgan fingerprint density at radius 2 is 1.70 bits per heavy atom. The van der Waals surface area contributed by atoms with Gasteiger partial charge in [-0.05, 0) is 85.7 Å². The van der Waals surface area contributed by atoms with Crippen LogP contribution in [0.2, 0.25) is 0 Å². The number of fused-ring (bicyclic) bond motifs is 1. The first-order valence-electron chi connectivity index (χ1n) is 10.3. The van der Waals surface area contributed by atoms with Gasteiger partial charge in [0.05, 0.1) is 23.7 Å². The van der Waals surface area contributed by atoms with Crippen molar-refractivity contribution in [2.75, 3.05) is 6.61 Å². The van der Waals surface area contributed by atoms with Crippen LogP contribution in [-0.4, -0.2) is 16.4 Å². The minimum atomic E-state index is -0.262. The van der Waals surface area contributed by atoms with Crippen molar-refractivity contribution in [3.8, 4) is 5.69 Å². The van der Waals surface area contributed by atoms with E-state index < -0.39 is 0 Å². The monoisotopic (exact) mass is 408 g/mol. The summed E-state index contributed by atoms with van der Waals surface area (Å²) in [6, 6.07) is 12.9. The van der Waals surface area contributed by atoms with Gasteiger partial charge in [-0.25, -0.2) is 13.5 Å². The van der Waals surface area contributed by atoms with Crippen molar-refractivity contribution in [1.29, 1.82) is 0 Å². The fourth-order valence-corrected chi connectivity index (χ4v) is 4.20. The first kappa shape index (κ1) is 20.5. The molecule has 0 aliphatic heterocycles. The fourth-order valence-electron chi connectivity index (χ4n) is 4.20. The number of nitrogens with zero attached hydrogens (tertiary/aromatic N) is 2. The summed E-state index contributed by atoms with van der Waals surface area (Å²) in [7, 11) is 0. The van der Waals surface area contributed by atoms with Gasteiger partial charge in [0.25, 0.3) is 0 Å². The smallest absolute Gasteiger partial charge is 0.123 e. The summed E-state index contributed by atoms with van der Waals surface area (Å²) in [6.07, 6.45) is 5.57. The highest BCUT2D eigenvalue weighted by Gasteiger charge is 2.35. The van der Waals surface area contributed by atoms with E-state index in [4.69, 9.17) is 4.74 Å². The molecular weight excluding hydrogens is 382 g/mol. The lowest BCUT2D eigenvalue weighted by Crippen LogP contribution is -2.28. The van der Waals surface area contributed by atoms with E-state index in [-0.39, 0.29) is 23.2 Å². The van der Waals surface area contributed by atoms with Crippen molar-refractivity contribution >= 4 is 6.08 Å². The summed E-state index contributed by atoms with van der Waals surface area (Å²) < 4.78 is 34.6. The maximum atomic E-state index is 13.4. The third-order valence-electron chi connectivity index (χ3n) is 6.09. The Hall–Kier alpha value is -2.79. The van der Waals surface area contributed by atoms with E-state index in [9.17, 15) is 8.78 Å². The van der Waals surface area contributed by atoms with E-state index in [1.54, 1.807) is 24.3 Å². The largest absolute Gasteiger partial charge is 0.374 e. The number of hydrogen-bond acceptors (Lipinski definition) is 2. The summed E-state index contributed by atoms with van der Waals surface area (Å²) >= 11 is 0. The minimum absolute atomic E-state index is 0.113. The van der Waals surface area contributed by atoms with Gasteiger partial charge in [-0.1, -0.05) is 24.6 Å². The molecule has 1 aliphatic rings. The topological polar surface area (TPSA) is 27.1 Å². The van der Waals surface area contributed by atoms with Crippen molar-refractivity contribution in [1.82, 2.24) is 9.78 Å². The highest BCUT2D eigenvalue weighted by molar-refractivity contribution is 5.60. The molecule has 0 fully saturated rings. The molecule has 0 spiro atoms. The van der Waals surface area contributed by atoms with E-state index in [1.807, 2.05) is 17.8 Å². The standard InChI is InChI=1S/C25H26F2N2O/c1-4-30-24(18-5-7-20(26)8-6-18)15-25(3)14-19-16-28-29(23(19)13-17(25)2)22-11-9-21(27)10-12-22/h5-13,16,24H,4,14-15H2,1-3H3/t24?,25-/m1/s1. The van der Waals surface area contributed by atoms with Crippen LogP contribution in [0.15, 0.2) is 60.3 Å². The second-order valence-electron chi connectivity index (χ2n) is 8.21. The molecule has 0 bridgehead atoms. The maximum absolute atomic E-state index is 13.4. The maximum Gasteiger partial charge on any atom is 0.123 e. The lowest BCUT2D eigenvalue weighted by Gasteiger charge is -2.37. The predicted octanol–water partition coefficient (Wildman–Crippen LogP) is 6.28. The van der Waals surface area contributed by atoms with E-state index in [2.05, 4.69) is 25.0 Å². The van der Waals surface area contributed by atoms with Crippen molar-refractivity contribution in [3.63, 3.8) is 0 Å². The zero-order chi connectivity index (χ0) is 21.3. The van der Waals surface area contributed by atoms with Gasteiger partial charge >= 0.3 is 0 Å². The first-order valence-corrected chi connectivity index (χ1v) is 10.3. The van der Waals surface area contributed by atoms with E-state index >= 15 is 0 Å². The molecule has 0 N–H and O–H groups in total. The fraction of sp³-hybridized carbons (Fsp3) is 0.320. The molecule has 0 saturated carbocycles. The molecule has 1 aliphatic carbocycles. The van der Waals surface area contributed by atoms with Gasteiger partial charge in [-0.2, -0.15) is 5.10 Å². The molecular formula is C25H26F2N2O. The van der Waals surface area contributed by atoms with Crippen LogP contribution in [-0.2, 0) is 11.2 Å². The number of allylic oxidation sites excluding steroid dienone is 1. The molecule has 0 amide bonds. The van der Waals surface area contributed by atoms with Gasteiger partial charge in [0.1, 0.15) is 11.6 Å². The molecule has 1 heterocycles. The van der Waals surface area contributed by atoms with Crippen LogP contribution < -0.4 is 0 Å². The average molecular weight is 408 g/mol. The second-order valence-corrected chi connectivity index (χ2v) is 8.21. The van der Waals surface area contributed by atoms with Gasteiger partial charge in [0.2, 0.25) is 0 Å². The SMILES string of the molecule is CCOC(C[C@@]1(C)Cc2cnn(-c3ccc(F)cc3)c2C=C1C)c1ccc(F)cc1. The second kappa shape index (κ2) is 8.15. The Labute approximate surface area is 176 Å². The van der Waals surface area contributed by atoms with Gasteiger partial charge in [-0.3, -0.25) is 0 Å². The van der Waals surface area contributed by atoms with Crippen LogP contribution in [0, 0.1) is 17.0 Å². The molecule has 2 aromatic carbocycles. The molecule has 0 radical (unpaired) electrons. The van der Waals surface area contributed by atoms with Crippen LogP contribution in [0.1, 0.15) is 50.1 Å². The molecule has 3 nitrogen and oxygen atoms in total. The van der Waals surface area contributed by atoms with Crippen LogP contribution >= 0.6 is 0 Å². The van der Waals surface area contributed by atoms with E-state index in [0.717, 1.165) is 35.3 Å². The first-order chi connectivity index (χ1) is 14.4. The lowest BCUT2D eigenvalue weighted by molar-refractivity contribution is 0.0323. The van der Waals surface area contributed by atoms with Crippen LogP contribution in [0.25, 0.3) is 11.8 Å². The summed E-state index contributed by atoms with van der Waals surface area (Å²) in [5.41, 5.74) is 5.14. The average Bonchev–Trinajstić information content (AvgIpc) is 3.11. The zero-order valence-electron chi connectivity index (χ0n) is 17.5. The Morgan fingerprint density at radius 3 is 2.33 bits per heavy atom. The van der Waals surface area contributed by atoms with Crippen LogP contribution in [0.4, 0.5) is 8.78 Å². The number of rotatable bonds is 6. The highest BCUT2D eigenvalue weighted by atomic mass is 19.1. The summed E-state index contributed by atoms with van der Waals surface area (Å²) in [6.45, 7) is 6.95. The molecule has 1 unspecified atom stereocenters. The summed E-state index contributed by atoms with van der Waals surface area (Å²) in [4.78, 5) is 0. The molecule has 2 atom stereocenters. The summed E-state index contributed by atoms with van der Waals surface area (Å²) in [5, 5.41) is 4.56. The molecule has 5 heteroatoms. The van der Waals surface area contributed by atoms with E-state index in [0.29, 0.717) is 6.61 Å². The van der Waals surface area contributed by atoms with Gasteiger partial charge in [0.15, 0.2) is 0 Å². The molecule has 3 aromatic rings. The van der Waals surface area contributed by atoms with Gasteiger partial charge < -0.3 is 4.74 Å². The van der Waals surface area contributed by atoms with Crippen LogP contribution in [0.3, 0.4) is 0 Å². The number of aromatic nitrogens is 2. The summed E-state index contributed by atoms with van der Waals surface area (Å²) in [5.74, 6) is -0.506. The minimum Gasteiger partial charge on any atom is -0.374 e. The molecule has 156 valence electrons. The molecule has 30 heavy (non-hydrogen) atoms. The van der Waals surface area contributed by atoms with E-state index in [1.165, 1.54) is 29.8 Å². The number of hydrogen-bond donors (Lipinski definition) is 0. The quantitative estimate of drug-likeness (QED) is 0.480. The number of halogens is 2. The highest BCUT2D eigenvalue weighted by Crippen LogP contribution is 2.45. The Morgan fingerprint density at radius 1 is 1.07 bits per heavy atom. The van der Waals surface area contributed by atoms with Gasteiger partial charge in [-0.15, -0.1) is 0 Å². The van der Waals surface area contributed by atoms with Crippen molar-refractivity contribution in [2.24, 2.45) is 5.41 Å². The Bertz CT molecular complexity index is 1050. The Balaban J connectivity index is 1.63. The normalized spacial score (nSPS) is 19.3. The number of ether oxygens (including phenoxy) is 1. The third kappa shape index (κ3) is 3.94.